The van der Waals surface area contributed by atoms with Gasteiger partial charge in [0.05, 0.1) is 5.92 Å². The number of carbonyl (C=O) groups excluding carboxylic acids is 2. The van der Waals surface area contributed by atoms with Crippen molar-refractivity contribution in [2.24, 2.45) is 17.8 Å². The summed E-state index contributed by atoms with van der Waals surface area (Å²) in [6.07, 6.45) is 2.68. The molecule has 1 N–H and O–H groups in total. The van der Waals surface area contributed by atoms with Crippen LogP contribution < -0.4 is 0 Å². The average molecular weight is 254 g/mol. The summed E-state index contributed by atoms with van der Waals surface area (Å²) in [5, 5.41) is 9.20. The molecular formula is C13H18O5. The highest BCUT2D eigenvalue weighted by Crippen LogP contribution is 2.43. The van der Waals surface area contributed by atoms with Crippen LogP contribution in [0.3, 0.4) is 0 Å². The first kappa shape index (κ1) is 13.1. The van der Waals surface area contributed by atoms with Gasteiger partial charge in [0, 0.05) is 25.2 Å². The van der Waals surface area contributed by atoms with Crippen molar-refractivity contribution in [3.05, 3.63) is 0 Å². The molecule has 2 rings (SSSR count). The van der Waals surface area contributed by atoms with Crippen LogP contribution in [0, 0.1) is 17.8 Å². The maximum absolute atomic E-state index is 12.0. The molecule has 0 aliphatic heterocycles. The third kappa shape index (κ3) is 2.40. The molecule has 0 radical (unpaired) electrons. The molecule has 4 atom stereocenters. The highest BCUT2D eigenvalue weighted by molar-refractivity contribution is 5.87. The molecule has 5 heteroatoms. The summed E-state index contributed by atoms with van der Waals surface area (Å²) < 4.78 is 5.25. The Morgan fingerprint density at radius 3 is 2.61 bits per heavy atom. The molecule has 2 aliphatic carbocycles. The van der Waals surface area contributed by atoms with Crippen LogP contribution in [0.15, 0.2) is 0 Å². The van der Waals surface area contributed by atoms with E-state index < -0.39 is 17.8 Å². The highest BCUT2D eigenvalue weighted by atomic mass is 16.5. The Morgan fingerprint density at radius 1 is 1.28 bits per heavy atom. The molecule has 2 aliphatic rings. The SMILES string of the molecule is CC(=O)O[C@@H]1CCC(=O)[C@@H]2[C@@H]1CCC[C@@H]2C(=O)O. The van der Waals surface area contributed by atoms with Crippen LogP contribution in [-0.2, 0) is 19.1 Å². The summed E-state index contributed by atoms with van der Waals surface area (Å²) in [4.78, 5) is 34.3. The van der Waals surface area contributed by atoms with Gasteiger partial charge in [-0.05, 0) is 19.3 Å². The summed E-state index contributed by atoms with van der Waals surface area (Å²) in [5.41, 5.74) is 0. The number of hydrogen-bond acceptors (Lipinski definition) is 4. The predicted octanol–water partition coefficient (Wildman–Crippen LogP) is 1.40. The van der Waals surface area contributed by atoms with E-state index in [2.05, 4.69) is 0 Å². The van der Waals surface area contributed by atoms with E-state index in [-0.39, 0.29) is 23.8 Å². The molecule has 5 nitrogen and oxygen atoms in total. The van der Waals surface area contributed by atoms with Crippen LogP contribution in [0.2, 0.25) is 0 Å². The van der Waals surface area contributed by atoms with Gasteiger partial charge in [0.25, 0.3) is 0 Å². The van der Waals surface area contributed by atoms with Crippen LogP contribution in [0.25, 0.3) is 0 Å². The molecule has 0 saturated heterocycles. The fourth-order valence-corrected chi connectivity index (χ4v) is 3.41. The molecule has 0 amide bonds. The van der Waals surface area contributed by atoms with Crippen LogP contribution in [0.4, 0.5) is 0 Å². The second-order valence-corrected chi connectivity index (χ2v) is 5.22. The van der Waals surface area contributed by atoms with Crippen molar-refractivity contribution in [2.75, 3.05) is 0 Å². The fourth-order valence-electron chi connectivity index (χ4n) is 3.41. The van der Waals surface area contributed by atoms with E-state index in [0.717, 1.165) is 12.8 Å². The molecule has 0 aromatic heterocycles. The van der Waals surface area contributed by atoms with Crippen molar-refractivity contribution in [3.63, 3.8) is 0 Å². The summed E-state index contributed by atoms with van der Waals surface area (Å²) in [5.74, 6) is -2.41. The Morgan fingerprint density at radius 2 is 2.00 bits per heavy atom. The molecule has 0 aromatic carbocycles. The Labute approximate surface area is 105 Å². The van der Waals surface area contributed by atoms with Crippen molar-refractivity contribution in [3.8, 4) is 0 Å². The number of carboxylic acid groups (broad SMARTS) is 1. The second-order valence-electron chi connectivity index (χ2n) is 5.22. The normalized spacial score (nSPS) is 35.7. The van der Waals surface area contributed by atoms with E-state index in [1.54, 1.807) is 0 Å². The van der Waals surface area contributed by atoms with E-state index in [1.807, 2.05) is 0 Å². The molecular weight excluding hydrogens is 236 g/mol. The minimum atomic E-state index is -0.901. The molecule has 0 heterocycles. The van der Waals surface area contributed by atoms with Crippen LogP contribution in [-0.4, -0.2) is 28.9 Å². The maximum atomic E-state index is 12.0. The van der Waals surface area contributed by atoms with Gasteiger partial charge < -0.3 is 9.84 Å². The van der Waals surface area contributed by atoms with E-state index in [4.69, 9.17) is 4.74 Å². The Balaban J connectivity index is 2.20. The minimum Gasteiger partial charge on any atom is -0.481 e. The molecule has 0 aromatic rings. The van der Waals surface area contributed by atoms with Crippen molar-refractivity contribution < 1.29 is 24.2 Å². The van der Waals surface area contributed by atoms with Gasteiger partial charge in [-0.25, -0.2) is 0 Å². The van der Waals surface area contributed by atoms with Crippen LogP contribution in [0.5, 0.6) is 0 Å². The molecule has 2 saturated carbocycles. The monoisotopic (exact) mass is 254 g/mol. The summed E-state index contributed by atoms with van der Waals surface area (Å²) in [7, 11) is 0. The zero-order valence-electron chi connectivity index (χ0n) is 10.4. The third-order valence-electron chi connectivity index (χ3n) is 4.11. The number of esters is 1. The number of aliphatic carboxylic acids is 1. The maximum Gasteiger partial charge on any atom is 0.307 e. The third-order valence-corrected chi connectivity index (χ3v) is 4.11. The topological polar surface area (TPSA) is 80.7 Å². The van der Waals surface area contributed by atoms with Gasteiger partial charge >= 0.3 is 11.9 Å². The molecule has 18 heavy (non-hydrogen) atoms. The molecule has 100 valence electrons. The average Bonchev–Trinajstić information content (AvgIpc) is 2.31. The van der Waals surface area contributed by atoms with Crippen molar-refractivity contribution >= 4 is 17.7 Å². The van der Waals surface area contributed by atoms with Gasteiger partial charge in [0.15, 0.2) is 0 Å². The van der Waals surface area contributed by atoms with Crippen molar-refractivity contribution in [1.82, 2.24) is 0 Å². The standard InChI is InChI=1S/C13H18O5/c1-7(14)18-11-6-5-10(15)12-8(11)3-2-4-9(12)13(16)17/h8-9,11-12H,2-6H2,1H3,(H,16,17)/t8-,9+,11-,12-/m1/s1. The van der Waals surface area contributed by atoms with Gasteiger partial charge in [0.2, 0.25) is 0 Å². The number of ketones is 1. The lowest BCUT2D eigenvalue weighted by Crippen LogP contribution is -2.48. The smallest absolute Gasteiger partial charge is 0.307 e. The first-order valence-electron chi connectivity index (χ1n) is 6.43. The van der Waals surface area contributed by atoms with E-state index >= 15 is 0 Å². The number of ether oxygens (including phenoxy) is 1. The number of rotatable bonds is 2. The lowest BCUT2D eigenvalue weighted by Gasteiger charge is -2.42. The molecule has 0 spiro atoms. The van der Waals surface area contributed by atoms with E-state index in [1.165, 1.54) is 6.92 Å². The quantitative estimate of drug-likeness (QED) is 0.753. The number of carboxylic acids is 1. The largest absolute Gasteiger partial charge is 0.481 e. The molecule has 0 unspecified atom stereocenters. The first-order chi connectivity index (χ1) is 8.50. The minimum absolute atomic E-state index is 0.0236. The Hall–Kier alpha value is -1.39. The van der Waals surface area contributed by atoms with Crippen LogP contribution >= 0.6 is 0 Å². The summed E-state index contributed by atoms with van der Waals surface area (Å²) in [6.45, 7) is 1.35. The lowest BCUT2D eigenvalue weighted by atomic mass is 9.63. The molecule has 2 fully saturated rings. The van der Waals surface area contributed by atoms with Crippen molar-refractivity contribution in [1.29, 1.82) is 0 Å². The summed E-state index contributed by atoms with van der Waals surface area (Å²) in [6, 6.07) is 0. The molecule has 0 bridgehead atoms. The van der Waals surface area contributed by atoms with Gasteiger partial charge in [-0.3, -0.25) is 14.4 Å². The zero-order valence-corrected chi connectivity index (χ0v) is 10.4. The second kappa shape index (κ2) is 5.08. The predicted molar refractivity (Wildman–Crippen MR) is 61.8 cm³/mol. The van der Waals surface area contributed by atoms with E-state index in [9.17, 15) is 19.5 Å². The summed E-state index contributed by atoms with van der Waals surface area (Å²) >= 11 is 0. The number of fused-ring (bicyclic) bond motifs is 1. The van der Waals surface area contributed by atoms with Gasteiger partial charge in [0.1, 0.15) is 11.9 Å². The lowest BCUT2D eigenvalue weighted by molar-refractivity contribution is -0.164. The number of Topliss-reactive ketones (excluding diaryl/α,β-unsaturated/α-hetero) is 1. The van der Waals surface area contributed by atoms with Crippen LogP contribution in [0.1, 0.15) is 39.0 Å². The van der Waals surface area contributed by atoms with E-state index in [0.29, 0.717) is 19.3 Å². The van der Waals surface area contributed by atoms with Crippen molar-refractivity contribution in [2.45, 2.75) is 45.1 Å². The van der Waals surface area contributed by atoms with Gasteiger partial charge in [-0.15, -0.1) is 0 Å². The fraction of sp³-hybridized carbons (Fsp3) is 0.769. The number of hydrogen-bond donors (Lipinski definition) is 1. The number of carbonyl (C=O) groups is 3. The van der Waals surface area contributed by atoms with Gasteiger partial charge in [-0.1, -0.05) is 6.42 Å². The first-order valence-corrected chi connectivity index (χ1v) is 6.43. The van der Waals surface area contributed by atoms with Gasteiger partial charge in [-0.2, -0.15) is 0 Å². The Bertz CT molecular complexity index is 376. The zero-order chi connectivity index (χ0) is 13.3. The Kier molecular flexibility index (Phi) is 3.68. The highest BCUT2D eigenvalue weighted by Gasteiger charge is 2.48.